The van der Waals surface area contributed by atoms with Gasteiger partial charge in [-0.3, -0.25) is 10.0 Å². The molecule has 0 aromatic heterocycles. The molecule has 5 heteroatoms. The van der Waals surface area contributed by atoms with Gasteiger partial charge >= 0.3 is 0 Å². The van der Waals surface area contributed by atoms with E-state index in [9.17, 15) is 0 Å². The topological polar surface area (TPSA) is 43.7 Å². The van der Waals surface area contributed by atoms with Crippen LogP contribution in [0.1, 0.15) is 25.7 Å². The van der Waals surface area contributed by atoms with Crippen LogP contribution in [0.5, 0.6) is 0 Å². The van der Waals surface area contributed by atoms with Crippen LogP contribution < -0.4 is 0 Å². The lowest BCUT2D eigenvalue weighted by molar-refractivity contribution is 0.118. The molecule has 15 heavy (non-hydrogen) atoms. The van der Waals surface area contributed by atoms with Crippen molar-refractivity contribution in [3.05, 3.63) is 0 Å². The van der Waals surface area contributed by atoms with E-state index in [1.807, 2.05) is 12.1 Å². The normalized spacial score (nSPS) is 39.9. The summed E-state index contributed by atoms with van der Waals surface area (Å²) in [5.74, 6) is 0.818. The zero-order chi connectivity index (χ0) is 10.3. The van der Waals surface area contributed by atoms with Crippen molar-refractivity contribution >= 4 is 0 Å². The van der Waals surface area contributed by atoms with Crippen molar-refractivity contribution in [1.82, 2.24) is 10.0 Å². The van der Waals surface area contributed by atoms with Crippen LogP contribution in [0.4, 0.5) is 0 Å². The highest BCUT2D eigenvalue weighted by Gasteiger charge is 2.37. The van der Waals surface area contributed by atoms with Crippen molar-refractivity contribution in [1.29, 1.82) is 0 Å². The molecule has 0 N–H and O–H groups in total. The number of rotatable bonds is 2. The van der Waals surface area contributed by atoms with Crippen LogP contribution in [0.15, 0.2) is 10.4 Å². The van der Waals surface area contributed by atoms with E-state index in [1.54, 1.807) is 0 Å². The Morgan fingerprint density at radius 1 is 1.13 bits per heavy atom. The number of epoxide rings is 1. The van der Waals surface area contributed by atoms with Gasteiger partial charge in [0.15, 0.2) is 0 Å². The third kappa shape index (κ3) is 1.93. The molecule has 0 spiro atoms. The Morgan fingerprint density at radius 2 is 1.87 bits per heavy atom. The standard InChI is InChI=1S/C10H18N4O/c1-13-7-14(12-11-13)9-4-2-8(3-5-9)10-6-15-10/h8-10H,2-7H2,1H3. The monoisotopic (exact) mass is 210 g/mol. The van der Waals surface area contributed by atoms with E-state index >= 15 is 0 Å². The molecule has 0 aromatic rings. The molecular weight excluding hydrogens is 192 g/mol. The molecule has 0 aromatic carbocycles. The van der Waals surface area contributed by atoms with Crippen molar-refractivity contribution in [2.24, 2.45) is 16.4 Å². The number of hydrogen-bond acceptors (Lipinski definition) is 5. The van der Waals surface area contributed by atoms with Crippen LogP contribution in [-0.4, -0.2) is 42.5 Å². The fourth-order valence-corrected chi connectivity index (χ4v) is 2.67. The summed E-state index contributed by atoms with van der Waals surface area (Å²) in [6.07, 6.45) is 5.68. The minimum Gasteiger partial charge on any atom is -0.373 e. The first-order valence-corrected chi connectivity index (χ1v) is 5.84. The maximum Gasteiger partial charge on any atom is 0.126 e. The smallest absolute Gasteiger partial charge is 0.126 e. The molecule has 1 saturated heterocycles. The molecule has 3 aliphatic rings. The van der Waals surface area contributed by atoms with Gasteiger partial charge in [0, 0.05) is 7.05 Å². The van der Waals surface area contributed by atoms with E-state index in [-0.39, 0.29) is 0 Å². The van der Waals surface area contributed by atoms with Crippen molar-refractivity contribution in [2.75, 3.05) is 20.3 Å². The van der Waals surface area contributed by atoms with Gasteiger partial charge in [-0.15, -0.1) is 0 Å². The molecule has 1 unspecified atom stereocenters. The molecule has 0 bridgehead atoms. The number of nitrogens with zero attached hydrogens (tertiary/aromatic N) is 4. The lowest BCUT2D eigenvalue weighted by Crippen LogP contribution is -2.36. The fourth-order valence-electron chi connectivity index (χ4n) is 2.67. The first-order chi connectivity index (χ1) is 7.33. The second-order valence-corrected chi connectivity index (χ2v) is 4.86. The number of hydrogen-bond donors (Lipinski definition) is 0. The molecule has 0 radical (unpaired) electrons. The van der Waals surface area contributed by atoms with Crippen LogP contribution in [-0.2, 0) is 4.74 Å². The Bertz CT molecular complexity index is 258. The maximum atomic E-state index is 5.36. The quantitative estimate of drug-likeness (QED) is 0.648. The van der Waals surface area contributed by atoms with Gasteiger partial charge in [-0.2, -0.15) is 0 Å². The van der Waals surface area contributed by atoms with E-state index in [0.717, 1.165) is 19.2 Å². The molecule has 5 nitrogen and oxygen atoms in total. The van der Waals surface area contributed by atoms with Gasteiger partial charge in [0.2, 0.25) is 0 Å². The minimum absolute atomic E-state index is 0.592. The summed E-state index contributed by atoms with van der Waals surface area (Å²) in [5.41, 5.74) is 0. The van der Waals surface area contributed by atoms with E-state index in [4.69, 9.17) is 4.74 Å². The van der Waals surface area contributed by atoms with Gasteiger partial charge in [-0.05, 0) is 31.6 Å². The van der Waals surface area contributed by atoms with Crippen LogP contribution in [0, 0.1) is 5.92 Å². The van der Waals surface area contributed by atoms with Gasteiger partial charge in [-0.25, -0.2) is 0 Å². The first-order valence-electron chi connectivity index (χ1n) is 5.84. The van der Waals surface area contributed by atoms with Crippen molar-refractivity contribution in [3.8, 4) is 0 Å². The van der Waals surface area contributed by atoms with Crippen LogP contribution in [0.3, 0.4) is 0 Å². The fraction of sp³-hybridized carbons (Fsp3) is 1.00. The Balaban J connectivity index is 1.51. The third-order valence-corrected chi connectivity index (χ3v) is 3.70. The maximum absolute atomic E-state index is 5.36. The second-order valence-electron chi connectivity index (χ2n) is 4.86. The summed E-state index contributed by atoms with van der Waals surface area (Å²) in [4.78, 5) is 0. The van der Waals surface area contributed by atoms with E-state index in [0.29, 0.717) is 12.1 Å². The largest absolute Gasteiger partial charge is 0.373 e. The SMILES string of the molecule is CN1CN(C2CCC(C3CO3)CC2)N=N1. The van der Waals surface area contributed by atoms with Crippen LogP contribution in [0.2, 0.25) is 0 Å². The van der Waals surface area contributed by atoms with Gasteiger partial charge < -0.3 is 4.74 Å². The predicted octanol–water partition coefficient (Wildman–Crippen LogP) is 1.43. The summed E-state index contributed by atoms with van der Waals surface area (Å²) in [6, 6.07) is 0.605. The molecule has 2 aliphatic heterocycles. The molecule has 2 heterocycles. The van der Waals surface area contributed by atoms with E-state index in [1.165, 1.54) is 25.7 Å². The van der Waals surface area contributed by atoms with E-state index in [2.05, 4.69) is 15.5 Å². The van der Waals surface area contributed by atoms with Crippen LogP contribution in [0.25, 0.3) is 0 Å². The zero-order valence-corrected chi connectivity index (χ0v) is 9.17. The molecule has 1 aliphatic carbocycles. The highest BCUT2D eigenvalue weighted by atomic mass is 16.6. The predicted molar refractivity (Wildman–Crippen MR) is 54.8 cm³/mol. The van der Waals surface area contributed by atoms with Crippen molar-refractivity contribution < 1.29 is 4.74 Å². The van der Waals surface area contributed by atoms with Crippen molar-refractivity contribution in [3.63, 3.8) is 0 Å². The molecule has 84 valence electrons. The van der Waals surface area contributed by atoms with Gasteiger partial charge in [0.25, 0.3) is 0 Å². The van der Waals surface area contributed by atoms with E-state index < -0.39 is 0 Å². The Kier molecular flexibility index (Phi) is 2.27. The highest BCUT2D eigenvalue weighted by molar-refractivity contribution is 4.86. The third-order valence-electron chi connectivity index (χ3n) is 3.70. The summed E-state index contributed by atoms with van der Waals surface area (Å²) in [5, 5.41) is 12.2. The average molecular weight is 210 g/mol. The van der Waals surface area contributed by atoms with Gasteiger partial charge in [-0.1, -0.05) is 10.4 Å². The minimum atomic E-state index is 0.592. The summed E-state index contributed by atoms with van der Waals surface area (Å²) < 4.78 is 5.36. The molecule has 1 atom stereocenters. The number of ether oxygens (including phenoxy) is 1. The highest BCUT2D eigenvalue weighted by Crippen LogP contribution is 2.35. The Labute approximate surface area is 90.0 Å². The summed E-state index contributed by atoms with van der Waals surface area (Å²) in [7, 11) is 1.97. The second kappa shape index (κ2) is 3.63. The zero-order valence-electron chi connectivity index (χ0n) is 9.17. The lowest BCUT2D eigenvalue weighted by atomic mass is 9.84. The Hall–Kier alpha value is -0.840. The van der Waals surface area contributed by atoms with Gasteiger partial charge in [0.05, 0.1) is 18.8 Å². The molecule has 2 fully saturated rings. The van der Waals surface area contributed by atoms with Crippen molar-refractivity contribution in [2.45, 2.75) is 37.8 Å². The summed E-state index contributed by atoms with van der Waals surface area (Å²) in [6.45, 7) is 1.86. The molecule has 3 rings (SSSR count). The van der Waals surface area contributed by atoms with Gasteiger partial charge in [0.1, 0.15) is 6.67 Å². The Morgan fingerprint density at radius 3 is 2.40 bits per heavy atom. The lowest BCUT2D eigenvalue weighted by Gasteiger charge is -2.32. The molecule has 0 amide bonds. The molecular formula is C10H18N4O. The average Bonchev–Trinajstić information content (AvgIpc) is 3.02. The first kappa shape index (κ1) is 9.39. The molecule has 1 saturated carbocycles. The van der Waals surface area contributed by atoms with Crippen LogP contribution >= 0.6 is 0 Å². The summed E-state index contributed by atoms with van der Waals surface area (Å²) >= 11 is 0.